The minimum Gasteiger partial charge on any atom is -0.465 e. The molecule has 0 radical (unpaired) electrons. The topological polar surface area (TPSA) is 320 Å². The van der Waals surface area contributed by atoms with Gasteiger partial charge in [-0.15, -0.1) is 0 Å². The second-order valence-electron chi connectivity index (χ2n) is 22.1. The van der Waals surface area contributed by atoms with E-state index in [1.165, 1.54) is 0 Å². The number of fused-ring (bicyclic) bond motifs is 1. The fraction of sp³-hybridized carbons (Fsp3) is 0.463. The highest BCUT2D eigenvalue weighted by molar-refractivity contribution is 8.24. The van der Waals surface area contributed by atoms with Crippen molar-refractivity contribution in [3.63, 3.8) is 0 Å². The van der Waals surface area contributed by atoms with E-state index in [1.54, 1.807) is 83.1 Å². The van der Waals surface area contributed by atoms with Gasteiger partial charge in [-0.3, -0.25) is 38.4 Å². The normalized spacial score (nSPS) is 17.4. The van der Waals surface area contributed by atoms with E-state index in [0.717, 1.165) is 46.8 Å². The number of rotatable bonds is 31. The average Bonchev–Trinajstić information content (AvgIpc) is 1.55. The number of ether oxygens (including phenoxy) is 11. The number of nitrogens with zero attached hydrogens (tertiary/aromatic N) is 2. The van der Waals surface area contributed by atoms with Crippen molar-refractivity contribution in [2.45, 2.75) is 153 Å². The van der Waals surface area contributed by atoms with E-state index in [-0.39, 0.29) is 75.8 Å². The number of hydrogen-bond acceptors (Lipinski definition) is 25. The van der Waals surface area contributed by atoms with Crippen molar-refractivity contribution < 1.29 is 100 Å². The molecule has 490 valence electrons. The van der Waals surface area contributed by atoms with Crippen molar-refractivity contribution in [2.24, 2.45) is 23.7 Å². The van der Waals surface area contributed by atoms with Crippen LogP contribution in [0.4, 0.5) is 0 Å². The summed E-state index contributed by atoms with van der Waals surface area (Å²) >= 11 is 2.14. The summed E-state index contributed by atoms with van der Waals surface area (Å²) in [6, 6.07) is 17.3. The van der Waals surface area contributed by atoms with E-state index >= 15 is 0 Å². The summed E-state index contributed by atoms with van der Waals surface area (Å²) in [4.78, 5) is 127. The summed E-state index contributed by atoms with van der Waals surface area (Å²) in [7, 11) is 0. The van der Waals surface area contributed by atoms with Crippen molar-refractivity contribution in [1.29, 1.82) is 10.5 Å². The smallest absolute Gasteiger partial charge is 0.330 e. The molecule has 3 unspecified atom stereocenters. The maximum Gasteiger partial charge on any atom is 0.330 e. The lowest BCUT2D eigenvalue weighted by molar-refractivity contribution is -0.157. The molecule has 2 fully saturated rings. The molecule has 23 nitrogen and oxygen atoms in total. The summed E-state index contributed by atoms with van der Waals surface area (Å²) in [5, 5.41) is 19.6. The Balaban J connectivity index is 0.915. The Morgan fingerprint density at radius 1 is 0.489 bits per heavy atom. The van der Waals surface area contributed by atoms with Gasteiger partial charge in [0.05, 0.1) is 89.8 Å². The second-order valence-corrected chi connectivity index (χ2v) is 24.4. The molecule has 0 N–H and O–H groups in total. The van der Waals surface area contributed by atoms with Crippen molar-refractivity contribution in [2.75, 3.05) is 33.0 Å². The van der Waals surface area contributed by atoms with Crippen molar-refractivity contribution >= 4 is 83.2 Å². The molecule has 1 aliphatic heterocycles. The van der Waals surface area contributed by atoms with Crippen molar-refractivity contribution in [3.8, 4) is 35.1 Å². The first-order valence-corrected chi connectivity index (χ1v) is 31.7. The summed E-state index contributed by atoms with van der Waals surface area (Å²) in [5.41, 5.74) is 2.45. The first kappa shape index (κ1) is 72.3. The third kappa shape index (κ3) is 22.6. The maximum absolute atomic E-state index is 13.9. The third-order valence-electron chi connectivity index (χ3n) is 15.0. The number of allylic oxidation sites excluding steroid dienone is 1. The molecule has 6 rings (SSSR count). The Hall–Kier alpha value is -8.78. The van der Waals surface area contributed by atoms with Gasteiger partial charge in [-0.2, -0.15) is 10.5 Å². The zero-order valence-corrected chi connectivity index (χ0v) is 53.6. The highest BCUT2D eigenvalue weighted by atomic mass is 32.2. The van der Waals surface area contributed by atoms with Gasteiger partial charge < -0.3 is 52.1 Å². The predicted octanol–water partition coefficient (Wildman–Crippen LogP) is 9.85. The van der Waals surface area contributed by atoms with Crippen LogP contribution in [0, 0.1) is 60.2 Å². The zero-order chi connectivity index (χ0) is 66.9. The van der Waals surface area contributed by atoms with Gasteiger partial charge in [-0.1, -0.05) is 60.9 Å². The molecule has 92 heavy (non-hydrogen) atoms. The number of hydrogen-bond donors (Lipinski definition) is 0. The Bertz CT molecular complexity index is 3310. The van der Waals surface area contributed by atoms with Crippen LogP contribution >= 0.6 is 23.5 Å². The van der Waals surface area contributed by atoms with Crippen LogP contribution < -0.4 is 18.9 Å². The molecular formula is C67H74N2O21S2. The van der Waals surface area contributed by atoms with Crippen LogP contribution in [-0.2, 0) is 93.9 Å². The van der Waals surface area contributed by atoms with Crippen LogP contribution in [0.25, 0.3) is 0 Å². The fourth-order valence-electron chi connectivity index (χ4n) is 9.78. The highest BCUT2D eigenvalue weighted by Crippen LogP contribution is 2.61. The zero-order valence-electron chi connectivity index (χ0n) is 51.9. The van der Waals surface area contributed by atoms with Gasteiger partial charge in [0.25, 0.3) is 0 Å². The van der Waals surface area contributed by atoms with E-state index in [2.05, 4.69) is 13.2 Å². The standard InChI is InChI=1S/C67H74N2O21S2/c1-8-53(70)83-38-41(5)86-58(75)29-27-56(73)82-33-31-45-12-24-52(25-13-45)88-64(77)47-16-20-49(21-17-47)66(79)90-60-43(7)42(6)59(61-62(60)92-67(91-61)50(34-68)35-69)89-65(78)48-18-14-46(15-19-48)63(76)87-51-22-10-44(11-23-51)30-32-81-55(72)26-28-57(74)85-40(4)37-80-36-39(3)84-54(71)9-2/h8-13,22-25,39-41,46-49H,1-2,14-21,26-33,36-38H2,3-7H3/t39?,40?,41?,46-,47-,48-,49-. The van der Waals surface area contributed by atoms with E-state index < -0.39 is 102 Å². The molecule has 3 aromatic carbocycles. The van der Waals surface area contributed by atoms with Gasteiger partial charge in [-0.05, 0) is 133 Å². The Morgan fingerprint density at radius 3 is 1.21 bits per heavy atom. The third-order valence-corrected chi connectivity index (χ3v) is 17.6. The van der Waals surface area contributed by atoms with Crippen molar-refractivity contribution in [3.05, 3.63) is 106 Å². The molecule has 0 bridgehead atoms. The molecular weight excluding hydrogens is 1230 g/mol. The Labute approximate surface area is 541 Å². The number of carbonyl (C=O) groups excluding carboxylic acids is 10. The molecule has 0 saturated heterocycles. The second kappa shape index (κ2) is 36.3. The molecule has 0 amide bonds. The first-order chi connectivity index (χ1) is 44.1. The molecule has 3 aliphatic rings. The fourth-order valence-corrected chi connectivity index (χ4v) is 12.4. The molecule has 25 heteroatoms. The summed E-state index contributed by atoms with van der Waals surface area (Å²) in [6.45, 7) is 15.0. The number of thioether (sulfide) groups is 2. The number of benzene rings is 3. The molecule has 3 aromatic rings. The summed E-state index contributed by atoms with van der Waals surface area (Å²) < 4.78 is 60.2. The van der Waals surface area contributed by atoms with E-state index in [4.69, 9.17) is 52.1 Å². The van der Waals surface area contributed by atoms with Crippen LogP contribution in [0.2, 0.25) is 0 Å². The summed E-state index contributed by atoms with van der Waals surface area (Å²) in [5.74, 6) is -6.61. The number of carbonyl (C=O) groups is 10. The lowest BCUT2D eigenvalue weighted by Gasteiger charge is -2.27. The number of esters is 10. The van der Waals surface area contributed by atoms with Crippen LogP contribution in [0.5, 0.6) is 23.0 Å². The quantitative estimate of drug-likeness (QED) is 0.0190. The lowest BCUT2D eigenvalue weighted by atomic mass is 9.82. The minimum atomic E-state index is -0.701. The molecule has 2 aliphatic carbocycles. The van der Waals surface area contributed by atoms with Gasteiger partial charge >= 0.3 is 59.7 Å². The molecule has 0 spiro atoms. The van der Waals surface area contributed by atoms with Crippen LogP contribution in [-0.4, -0.2) is 111 Å². The van der Waals surface area contributed by atoms with Crippen LogP contribution in [0.3, 0.4) is 0 Å². The van der Waals surface area contributed by atoms with E-state index in [0.29, 0.717) is 101 Å². The van der Waals surface area contributed by atoms with Crippen LogP contribution in [0.15, 0.2) is 93.4 Å². The van der Waals surface area contributed by atoms with Gasteiger partial charge in [0.1, 0.15) is 65.6 Å². The maximum atomic E-state index is 13.9. The molecule has 3 atom stereocenters. The average molecular weight is 1310 g/mol. The largest absolute Gasteiger partial charge is 0.465 e. The minimum absolute atomic E-state index is 0.0460. The molecule has 2 saturated carbocycles. The monoisotopic (exact) mass is 1310 g/mol. The summed E-state index contributed by atoms with van der Waals surface area (Å²) in [6.07, 6.45) is 2.95. The van der Waals surface area contributed by atoms with Gasteiger partial charge in [0.15, 0.2) is 0 Å². The first-order valence-electron chi connectivity index (χ1n) is 30.1. The number of nitriles is 2. The molecule has 0 aromatic heterocycles. The van der Waals surface area contributed by atoms with E-state index in [1.807, 2.05) is 12.1 Å². The Morgan fingerprint density at radius 2 is 0.837 bits per heavy atom. The van der Waals surface area contributed by atoms with E-state index in [9.17, 15) is 58.5 Å². The Kier molecular flexibility index (Phi) is 28.5. The van der Waals surface area contributed by atoms with Gasteiger partial charge in [-0.25, -0.2) is 9.59 Å². The van der Waals surface area contributed by atoms with Gasteiger partial charge in [0, 0.05) is 25.0 Å². The lowest BCUT2D eigenvalue weighted by Crippen LogP contribution is -2.31. The van der Waals surface area contributed by atoms with Crippen LogP contribution in [0.1, 0.15) is 120 Å². The molecule has 1 heterocycles. The van der Waals surface area contributed by atoms with Gasteiger partial charge in [0.2, 0.25) is 0 Å². The highest BCUT2D eigenvalue weighted by Gasteiger charge is 2.39. The predicted molar refractivity (Wildman–Crippen MR) is 329 cm³/mol. The SMILES string of the molecule is C=CC(=O)OCC(C)OC(=O)CCC(=O)OCCc1ccc(OC(=O)[C@H]2CC[C@H](C(=O)Oc3c(C)c(C)c(OC(=O)[C@H]4CC[C@H](C(=O)Oc5ccc(CCOC(=O)CCC(=O)OC(C)COCC(C)OC(=O)C=C)cc5)CC4)c4c3SC(=C(C#N)C#N)S4)CC2)cc1. The van der Waals surface area contributed by atoms with Crippen molar-refractivity contribution in [1.82, 2.24) is 0 Å².